The summed E-state index contributed by atoms with van der Waals surface area (Å²) in [6.07, 6.45) is 0. The van der Waals surface area contributed by atoms with Crippen molar-refractivity contribution in [2.24, 2.45) is 0 Å². The average Bonchev–Trinajstić information content (AvgIpc) is 1.57. The molecule has 0 saturated carbocycles. The Kier molecular flexibility index (Phi) is 2.73. The predicted octanol–water partition coefficient (Wildman–Crippen LogP) is 0.882. The predicted molar refractivity (Wildman–Crippen MR) is 47.6 cm³/mol. The zero-order valence-corrected chi connectivity index (χ0v) is 9.20. The second kappa shape index (κ2) is 2.66. The van der Waals surface area contributed by atoms with Crippen molar-refractivity contribution in [3.05, 3.63) is 0 Å². The maximum atomic E-state index is 10.8. The monoisotopic (exact) mass is 202 g/mol. The fourth-order valence-electron chi connectivity index (χ4n) is 0.396. The van der Waals surface area contributed by atoms with Gasteiger partial charge in [0.1, 0.15) is 0 Å². The molecule has 0 saturated heterocycles. The molecule has 0 aromatic rings. The molecule has 0 radical (unpaired) electrons. The first-order valence-corrected chi connectivity index (χ1v) is 8.32. The first-order valence-electron chi connectivity index (χ1n) is 3.05. The fourth-order valence-corrected chi connectivity index (χ4v) is 3.56. The van der Waals surface area contributed by atoms with Crippen LogP contribution in [0.5, 0.6) is 0 Å². The summed E-state index contributed by atoms with van der Waals surface area (Å²) in [7, 11) is -2.70. The van der Waals surface area contributed by atoms with Crippen LogP contribution in [0.4, 0.5) is 0 Å². The third-order valence-electron chi connectivity index (χ3n) is 0.594. The molecule has 4 nitrogen and oxygen atoms in total. The summed E-state index contributed by atoms with van der Waals surface area (Å²) in [5.74, 6) is 0. The molecule has 0 amide bonds. The molecule has 0 aliphatic rings. The van der Waals surface area contributed by atoms with Crippen LogP contribution in [0.2, 0.25) is 0 Å². The van der Waals surface area contributed by atoms with Crippen LogP contribution in [0, 0.1) is 0 Å². The summed E-state index contributed by atoms with van der Waals surface area (Å²) < 4.78 is 30.6. The molecule has 0 aliphatic carbocycles. The Morgan fingerprint density at radius 3 is 1.55 bits per heavy atom. The second-order valence-corrected chi connectivity index (χ2v) is 12.6. The van der Waals surface area contributed by atoms with Gasteiger partial charge in [-0.1, -0.05) is 0 Å². The van der Waals surface area contributed by atoms with Crippen LogP contribution < -0.4 is 0 Å². The SMILES string of the molecule is COS(=O)(=O)OP(C)(C)(C)C. The third-order valence-corrected chi connectivity index (χ3v) is 4.12. The van der Waals surface area contributed by atoms with E-state index in [9.17, 15) is 8.42 Å². The third kappa shape index (κ3) is 6.69. The molecule has 0 rings (SSSR count). The molecule has 0 aliphatic heterocycles. The van der Waals surface area contributed by atoms with E-state index in [1.165, 1.54) is 0 Å². The van der Waals surface area contributed by atoms with E-state index in [1.807, 2.05) is 0 Å². The van der Waals surface area contributed by atoms with Gasteiger partial charge in [-0.05, 0) is 0 Å². The van der Waals surface area contributed by atoms with Crippen LogP contribution in [-0.4, -0.2) is 42.2 Å². The molecular weight excluding hydrogens is 187 g/mol. The molecule has 0 spiro atoms. The standard InChI is InChI=1S/C5H15O4PS/c1-8-11(6,7)9-10(2,3,4)5/h1-5H3. The van der Waals surface area contributed by atoms with E-state index in [4.69, 9.17) is 3.97 Å². The van der Waals surface area contributed by atoms with Crippen LogP contribution in [0.25, 0.3) is 0 Å². The molecule has 0 atom stereocenters. The Morgan fingerprint density at radius 1 is 1.09 bits per heavy atom. The molecule has 0 unspecified atom stereocenters. The zero-order valence-electron chi connectivity index (χ0n) is 7.49. The van der Waals surface area contributed by atoms with Gasteiger partial charge in [0.15, 0.2) is 0 Å². The van der Waals surface area contributed by atoms with Gasteiger partial charge in [-0.25, -0.2) is 0 Å². The van der Waals surface area contributed by atoms with Crippen molar-refractivity contribution in [1.82, 2.24) is 0 Å². The molecule has 0 N–H and O–H groups in total. The number of rotatable bonds is 3. The molecule has 0 fully saturated rings. The normalized spacial score (nSPS) is 17.4. The molecule has 6 heteroatoms. The van der Waals surface area contributed by atoms with Crippen molar-refractivity contribution in [1.29, 1.82) is 0 Å². The van der Waals surface area contributed by atoms with E-state index >= 15 is 0 Å². The summed E-state index contributed by atoms with van der Waals surface area (Å²) in [6.45, 7) is 4.64. The number of hydrogen-bond donors (Lipinski definition) is 0. The summed E-state index contributed by atoms with van der Waals surface area (Å²) >= 11 is 0. The van der Waals surface area contributed by atoms with Crippen LogP contribution in [0.1, 0.15) is 0 Å². The van der Waals surface area contributed by atoms with Gasteiger partial charge in [-0.3, -0.25) is 0 Å². The summed E-state index contributed by atoms with van der Waals surface area (Å²) in [5, 5.41) is 0. The molecule has 70 valence electrons. The van der Waals surface area contributed by atoms with Crippen molar-refractivity contribution >= 4 is 17.2 Å². The van der Waals surface area contributed by atoms with E-state index in [0.29, 0.717) is 0 Å². The van der Waals surface area contributed by atoms with Gasteiger partial charge >= 0.3 is 67.6 Å². The van der Waals surface area contributed by atoms with Crippen molar-refractivity contribution in [3.63, 3.8) is 0 Å². The summed E-state index contributed by atoms with van der Waals surface area (Å²) in [6, 6.07) is 0. The molecule has 0 bridgehead atoms. The van der Waals surface area contributed by atoms with Crippen LogP contribution in [-0.2, 0) is 18.6 Å². The van der Waals surface area contributed by atoms with E-state index < -0.39 is 17.2 Å². The Bertz CT molecular complexity index is 226. The van der Waals surface area contributed by atoms with Crippen molar-refractivity contribution < 1.29 is 16.6 Å². The Labute approximate surface area is 68.2 Å². The van der Waals surface area contributed by atoms with E-state index in [0.717, 1.165) is 7.11 Å². The molecule has 0 heterocycles. The minimum absolute atomic E-state index is 1.08. The van der Waals surface area contributed by atoms with Gasteiger partial charge < -0.3 is 0 Å². The van der Waals surface area contributed by atoms with Crippen LogP contribution >= 0.6 is 6.83 Å². The van der Waals surface area contributed by atoms with Crippen molar-refractivity contribution in [3.8, 4) is 0 Å². The molecular formula is C5H15O4PS. The van der Waals surface area contributed by atoms with Gasteiger partial charge in [-0.15, -0.1) is 0 Å². The summed E-state index contributed by atoms with van der Waals surface area (Å²) in [5.41, 5.74) is 0. The Balaban J connectivity index is 4.54. The van der Waals surface area contributed by atoms with Gasteiger partial charge in [0.25, 0.3) is 0 Å². The van der Waals surface area contributed by atoms with Crippen LogP contribution in [0.3, 0.4) is 0 Å². The Hall–Kier alpha value is 0.300. The van der Waals surface area contributed by atoms with E-state index in [-0.39, 0.29) is 0 Å². The maximum absolute atomic E-state index is 10.8. The van der Waals surface area contributed by atoms with E-state index in [1.54, 1.807) is 26.7 Å². The minimum atomic E-state index is -3.78. The average molecular weight is 202 g/mol. The van der Waals surface area contributed by atoms with Crippen molar-refractivity contribution in [2.45, 2.75) is 0 Å². The van der Waals surface area contributed by atoms with Crippen molar-refractivity contribution in [2.75, 3.05) is 33.8 Å². The second-order valence-electron chi connectivity index (χ2n) is 4.06. The first-order chi connectivity index (χ1) is 4.52. The van der Waals surface area contributed by atoms with Gasteiger partial charge in [0, 0.05) is 0 Å². The van der Waals surface area contributed by atoms with E-state index in [2.05, 4.69) is 4.18 Å². The van der Waals surface area contributed by atoms with Gasteiger partial charge in [0.05, 0.1) is 0 Å². The van der Waals surface area contributed by atoms with Gasteiger partial charge in [0.2, 0.25) is 0 Å². The molecule has 0 aromatic heterocycles. The van der Waals surface area contributed by atoms with Crippen LogP contribution in [0.15, 0.2) is 0 Å². The summed E-state index contributed by atoms with van der Waals surface area (Å²) in [4.78, 5) is 0. The quantitative estimate of drug-likeness (QED) is 0.637. The molecule has 0 aromatic carbocycles. The first kappa shape index (κ1) is 11.3. The van der Waals surface area contributed by atoms with Gasteiger partial charge in [-0.2, -0.15) is 0 Å². The Morgan fingerprint density at radius 2 is 1.45 bits per heavy atom. The zero-order chi connectivity index (χ0) is 9.36. The molecule has 11 heavy (non-hydrogen) atoms. The fraction of sp³-hybridized carbons (Fsp3) is 1.00. The topological polar surface area (TPSA) is 52.6 Å². The number of hydrogen-bond acceptors (Lipinski definition) is 4.